The van der Waals surface area contributed by atoms with E-state index in [1.165, 1.54) is 0 Å². The van der Waals surface area contributed by atoms with Gasteiger partial charge in [-0.15, -0.1) is 24.8 Å². The first-order chi connectivity index (χ1) is 11.6. The maximum absolute atomic E-state index is 12.5. The maximum Gasteiger partial charge on any atom is 0.253 e. The first kappa shape index (κ1) is 22.7. The van der Waals surface area contributed by atoms with Gasteiger partial charge in [-0.3, -0.25) is 9.59 Å². The van der Waals surface area contributed by atoms with Crippen molar-refractivity contribution in [1.82, 2.24) is 15.1 Å². The summed E-state index contributed by atoms with van der Waals surface area (Å²) in [6.45, 7) is 4.25. The standard InChI is InChI=1S/C18H26N4O2.2ClH/c1-21-10-12-22(13-11-21)18(24)14-5-7-15(8-6-14)20-17(23)16-4-2-3-9-19-16;;/h5-8,16,19H,2-4,9-13H2,1H3,(H,20,23);2*1H/t16-;;/m1../s1. The van der Waals surface area contributed by atoms with E-state index in [0.29, 0.717) is 5.56 Å². The minimum Gasteiger partial charge on any atom is -0.336 e. The van der Waals surface area contributed by atoms with Crippen molar-refractivity contribution >= 4 is 42.3 Å². The number of hydrogen-bond acceptors (Lipinski definition) is 4. The second-order valence-electron chi connectivity index (χ2n) is 6.66. The molecule has 2 N–H and O–H groups in total. The topological polar surface area (TPSA) is 64.7 Å². The molecule has 2 heterocycles. The first-order valence-electron chi connectivity index (χ1n) is 8.75. The third-order valence-electron chi connectivity index (χ3n) is 4.82. The number of likely N-dealkylation sites (N-methyl/N-ethyl adjacent to an activating group) is 1. The van der Waals surface area contributed by atoms with Crippen LogP contribution in [0.25, 0.3) is 0 Å². The first-order valence-corrected chi connectivity index (χ1v) is 8.75. The Morgan fingerprint density at radius 3 is 2.27 bits per heavy atom. The number of nitrogens with one attached hydrogen (secondary N) is 2. The summed E-state index contributed by atoms with van der Waals surface area (Å²) in [5.41, 5.74) is 1.41. The summed E-state index contributed by atoms with van der Waals surface area (Å²) >= 11 is 0. The van der Waals surface area contributed by atoms with E-state index >= 15 is 0 Å². The highest BCUT2D eigenvalue weighted by Gasteiger charge is 2.22. The summed E-state index contributed by atoms with van der Waals surface area (Å²) < 4.78 is 0. The molecule has 0 aromatic heterocycles. The highest BCUT2D eigenvalue weighted by atomic mass is 35.5. The van der Waals surface area contributed by atoms with Crippen molar-refractivity contribution < 1.29 is 9.59 Å². The molecular weight excluding hydrogens is 375 g/mol. The zero-order valence-corrected chi connectivity index (χ0v) is 16.7. The third kappa shape index (κ3) is 5.84. The van der Waals surface area contributed by atoms with Crippen LogP contribution >= 0.6 is 24.8 Å². The Balaban J connectivity index is 0.00000169. The second kappa shape index (κ2) is 10.7. The molecule has 0 bridgehead atoms. The molecule has 2 aliphatic heterocycles. The molecule has 6 nitrogen and oxygen atoms in total. The van der Waals surface area contributed by atoms with E-state index in [1.54, 1.807) is 12.1 Å². The van der Waals surface area contributed by atoms with Gasteiger partial charge in [-0.25, -0.2) is 0 Å². The third-order valence-corrected chi connectivity index (χ3v) is 4.82. The van der Waals surface area contributed by atoms with Crippen LogP contribution in [0.1, 0.15) is 29.6 Å². The van der Waals surface area contributed by atoms with Crippen molar-refractivity contribution in [2.45, 2.75) is 25.3 Å². The van der Waals surface area contributed by atoms with Gasteiger partial charge in [0.05, 0.1) is 6.04 Å². The molecule has 2 amide bonds. The Morgan fingerprint density at radius 1 is 1.04 bits per heavy atom. The number of nitrogens with zero attached hydrogens (tertiary/aromatic N) is 2. The number of carbonyl (C=O) groups excluding carboxylic acids is 2. The lowest BCUT2D eigenvalue weighted by molar-refractivity contribution is -0.118. The summed E-state index contributed by atoms with van der Waals surface area (Å²) in [7, 11) is 2.07. The molecule has 2 fully saturated rings. The maximum atomic E-state index is 12.5. The number of carbonyl (C=O) groups is 2. The number of piperidine rings is 1. The monoisotopic (exact) mass is 402 g/mol. The number of amides is 2. The zero-order valence-electron chi connectivity index (χ0n) is 15.1. The van der Waals surface area contributed by atoms with Crippen LogP contribution in [0, 0.1) is 0 Å². The quantitative estimate of drug-likeness (QED) is 0.811. The van der Waals surface area contributed by atoms with Gasteiger partial charge < -0.3 is 20.4 Å². The van der Waals surface area contributed by atoms with Crippen molar-refractivity contribution in [1.29, 1.82) is 0 Å². The Kier molecular flexibility index (Phi) is 9.36. The molecule has 0 saturated carbocycles. The van der Waals surface area contributed by atoms with Crippen molar-refractivity contribution in [3.63, 3.8) is 0 Å². The zero-order chi connectivity index (χ0) is 16.9. The van der Waals surface area contributed by atoms with Crippen molar-refractivity contribution in [3.8, 4) is 0 Å². The van der Waals surface area contributed by atoms with Gasteiger partial charge in [0.2, 0.25) is 5.91 Å². The lowest BCUT2D eigenvalue weighted by Crippen LogP contribution is -2.47. The van der Waals surface area contributed by atoms with Gasteiger partial charge >= 0.3 is 0 Å². The predicted octanol–water partition coefficient (Wildman–Crippen LogP) is 2.00. The van der Waals surface area contributed by atoms with Crippen molar-refractivity contribution in [2.24, 2.45) is 0 Å². The van der Waals surface area contributed by atoms with Crippen LogP contribution in [-0.4, -0.2) is 67.4 Å². The highest BCUT2D eigenvalue weighted by molar-refractivity contribution is 5.97. The molecule has 0 spiro atoms. The van der Waals surface area contributed by atoms with Crippen LogP contribution in [0.4, 0.5) is 5.69 Å². The fraction of sp³-hybridized carbons (Fsp3) is 0.556. The van der Waals surface area contributed by atoms with Gasteiger partial charge in [-0.1, -0.05) is 6.42 Å². The molecule has 146 valence electrons. The van der Waals surface area contributed by atoms with Crippen LogP contribution in [0.2, 0.25) is 0 Å². The smallest absolute Gasteiger partial charge is 0.253 e. The lowest BCUT2D eigenvalue weighted by Gasteiger charge is -2.32. The van der Waals surface area contributed by atoms with E-state index in [4.69, 9.17) is 0 Å². The second-order valence-corrected chi connectivity index (χ2v) is 6.66. The van der Waals surface area contributed by atoms with Gasteiger partial charge in [-0.05, 0) is 50.7 Å². The normalized spacial score (nSPS) is 20.5. The Bertz CT molecular complexity index is 583. The number of hydrogen-bond donors (Lipinski definition) is 2. The largest absolute Gasteiger partial charge is 0.336 e. The summed E-state index contributed by atoms with van der Waals surface area (Å²) in [5, 5.41) is 6.17. The average molecular weight is 403 g/mol. The van der Waals surface area contributed by atoms with E-state index in [-0.39, 0.29) is 42.7 Å². The van der Waals surface area contributed by atoms with Crippen LogP contribution in [0.3, 0.4) is 0 Å². The van der Waals surface area contributed by atoms with Crippen molar-refractivity contribution in [2.75, 3.05) is 45.1 Å². The molecular formula is C18H28Cl2N4O2. The van der Waals surface area contributed by atoms with E-state index in [0.717, 1.165) is 57.7 Å². The van der Waals surface area contributed by atoms with E-state index in [2.05, 4.69) is 22.6 Å². The highest BCUT2D eigenvalue weighted by Crippen LogP contribution is 2.15. The van der Waals surface area contributed by atoms with E-state index in [1.807, 2.05) is 17.0 Å². The molecule has 3 rings (SSSR count). The summed E-state index contributed by atoms with van der Waals surface area (Å²) in [5.74, 6) is 0.0720. The summed E-state index contributed by atoms with van der Waals surface area (Å²) in [6.07, 6.45) is 3.10. The van der Waals surface area contributed by atoms with Gasteiger partial charge in [0.25, 0.3) is 5.91 Å². The van der Waals surface area contributed by atoms with E-state index in [9.17, 15) is 9.59 Å². The van der Waals surface area contributed by atoms with Crippen LogP contribution in [0.15, 0.2) is 24.3 Å². The van der Waals surface area contributed by atoms with E-state index < -0.39 is 0 Å². The van der Waals surface area contributed by atoms with Crippen molar-refractivity contribution in [3.05, 3.63) is 29.8 Å². The average Bonchev–Trinajstić information content (AvgIpc) is 2.63. The Hall–Kier alpha value is -1.34. The number of anilines is 1. The van der Waals surface area contributed by atoms with Gasteiger partial charge in [0.1, 0.15) is 0 Å². The molecule has 1 aromatic carbocycles. The van der Waals surface area contributed by atoms with Gasteiger partial charge in [0.15, 0.2) is 0 Å². The molecule has 26 heavy (non-hydrogen) atoms. The van der Waals surface area contributed by atoms with Gasteiger partial charge in [-0.2, -0.15) is 0 Å². The number of benzene rings is 1. The molecule has 0 unspecified atom stereocenters. The Labute approximate surface area is 167 Å². The fourth-order valence-corrected chi connectivity index (χ4v) is 3.19. The molecule has 1 aromatic rings. The molecule has 0 aliphatic carbocycles. The predicted molar refractivity (Wildman–Crippen MR) is 109 cm³/mol. The minimum absolute atomic E-state index is 0. The number of halogens is 2. The Morgan fingerprint density at radius 2 is 1.69 bits per heavy atom. The summed E-state index contributed by atoms with van der Waals surface area (Å²) in [6, 6.07) is 7.11. The van der Waals surface area contributed by atoms with Gasteiger partial charge in [0, 0.05) is 37.4 Å². The lowest BCUT2D eigenvalue weighted by atomic mass is 10.0. The number of piperazine rings is 1. The van der Waals surface area contributed by atoms with Crippen LogP contribution in [-0.2, 0) is 4.79 Å². The SMILES string of the molecule is CN1CCN(C(=O)c2ccc(NC(=O)[C@H]3CCCCN3)cc2)CC1.Cl.Cl. The molecule has 2 saturated heterocycles. The van der Waals surface area contributed by atoms with Crippen LogP contribution < -0.4 is 10.6 Å². The summed E-state index contributed by atoms with van der Waals surface area (Å²) in [4.78, 5) is 28.8. The molecule has 2 aliphatic rings. The molecule has 1 atom stereocenters. The van der Waals surface area contributed by atoms with Crippen LogP contribution in [0.5, 0.6) is 0 Å². The molecule has 8 heteroatoms. The minimum atomic E-state index is -0.106. The number of rotatable bonds is 3. The fourth-order valence-electron chi connectivity index (χ4n) is 3.19. The molecule has 0 radical (unpaired) electrons.